The molecule has 1 heterocycles. The molecule has 1 N–H and O–H groups in total. The molecule has 2 rings (SSSR count). The minimum atomic E-state index is -0.337. The van der Waals surface area contributed by atoms with Crippen LogP contribution in [0.25, 0.3) is 0 Å². The van der Waals surface area contributed by atoms with Crippen LogP contribution in [0.1, 0.15) is 25.3 Å². The van der Waals surface area contributed by atoms with Crippen LogP contribution in [-0.4, -0.2) is 11.5 Å². The fourth-order valence-corrected chi connectivity index (χ4v) is 2.06. The van der Waals surface area contributed by atoms with Crippen LogP contribution in [0.3, 0.4) is 0 Å². The van der Waals surface area contributed by atoms with Crippen LogP contribution >= 0.6 is 0 Å². The molecule has 0 unspecified atom stereocenters. The summed E-state index contributed by atoms with van der Waals surface area (Å²) in [6, 6.07) is 5.05. The normalized spacial score (nSPS) is 18.7. The van der Waals surface area contributed by atoms with Crippen LogP contribution in [-0.2, 0) is 0 Å². The third-order valence-corrected chi connectivity index (χ3v) is 2.96. The van der Waals surface area contributed by atoms with Crippen LogP contribution < -0.4 is 5.32 Å². The maximum Gasteiger partial charge on any atom is 0.269 e. The first-order valence-corrected chi connectivity index (χ1v) is 5.12. The first kappa shape index (κ1) is 9.96. The van der Waals surface area contributed by atoms with E-state index in [9.17, 15) is 10.1 Å². The van der Waals surface area contributed by atoms with Gasteiger partial charge in [-0.2, -0.15) is 0 Å². The number of benzene rings is 1. The summed E-state index contributed by atoms with van der Waals surface area (Å²) >= 11 is 0. The summed E-state index contributed by atoms with van der Waals surface area (Å²) in [6.45, 7) is 5.16. The van der Waals surface area contributed by atoms with Crippen molar-refractivity contribution in [1.82, 2.24) is 0 Å². The number of nitro benzene ring substituents is 1. The summed E-state index contributed by atoms with van der Waals surface area (Å²) in [4.78, 5) is 10.3. The fourth-order valence-electron chi connectivity index (χ4n) is 2.06. The third-order valence-electron chi connectivity index (χ3n) is 2.96. The van der Waals surface area contributed by atoms with Gasteiger partial charge in [-0.15, -0.1) is 0 Å². The van der Waals surface area contributed by atoms with Crippen LogP contribution in [0, 0.1) is 16.0 Å². The van der Waals surface area contributed by atoms with Gasteiger partial charge in [-0.05, 0) is 17.5 Å². The van der Waals surface area contributed by atoms with Crippen molar-refractivity contribution in [1.29, 1.82) is 0 Å². The Morgan fingerprint density at radius 1 is 1.53 bits per heavy atom. The zero-order chi connectivity index (χ0) is 11.0. The Morgan fingerprint density at radius 2 is 2.27 bits per heavy atom. The van der Waals surface area contributed by atoms with E-state index < -0.39 is 0 Å². The van der Waals surface area contributed by atoms with Crippen molar-refractivity contribution in [2.45, 2.75) is 19.8 Å². The van der Waals surface area contributed by atoms with Gasteiger partial charge in [-0.25, -0.2) is 0 Å². The van der Waals surface area contributed by atoms with Crippen LogP contribution in [0.5, 0.6) is 0 Å². The van der Waals surface area contributed by atoms with E-state index in [4.69, 9.17) is 0 Å². The highest BCUT2D eigenvalue weighted by Crippen LogP contribution is 2.37. The van der Waals surface area contributed by atoms with Crippen molar-refractivity contribution >= 4 is 11.4 Å². The number of non-ortho nitro benzene ring substituents is 1. The van der Waals surface area contributed by atoms with Gasteiger partial charge in [-0.3, -0.25) is 10.1 Å². The standard InChI is InChI=1S/C11H14N2O2/c1-7(2)10-6-12-11-4-3-8(13(14)15)5-9(10)11/h3-5,7,10,12H,6H2,1-2H3/t10-/m1/s1. The Hall–Kier alpha value is -1.58. The van der Waals surface area contributed by atoms with Crippen LogP contribution in [0.4, 0.5) is 11.4 Å². The average molecular weight is 206 g/mol. The summed E-state index contributed by atoms with van der Waals surface area (Å²) in [5, 5.41) is 13.9. The minimum absolute atomic E-state index is 0.183. The van der Waals surface area contributed by atoms with Gasteiger partial charge in [-0.1, -0.05) is 13.8 Å². The molecule has 0 aliphatic carbocycles. The van der Waals surface area contributed by atoms with Crippen molar-refractivity contribution < 1.29 is 4.92 Å². The molecule has 0 fully saturated rings. The van der Waals surface area contributed by atoms with Gasteiger partial charge < -0.3 is 5.32 Å². The predicted octanol–water partition coefficient (Wildman–Crippen LogP) is 2.76. The summed E-state index contributed by atoms with van der Waals surface area (Å²) in [5.74, 6) is 0.889. The first-order valence-electron chi connectivity index (χ1n) is 5.12. The lowest BCUT2D eigenvalue weighted by Gasteiger charge is -2.13. The second-order valence-electron chi connectivity index (χ2n) is 4.26. The number of hydrogen-bond acceptors (Lipinski definition) is 3. The van der Waals surface area contributed by atoms with Gasteiger partial charge in [0.05, 0.1) is 4.92 Å². The molecule has 0 amide bonds. The van der Waals surface area contributed by atoms with E-state index in [1.54, 1.807) is 18.2 Å². The molecule has 0 aromatic heterocycles. The number of nitrogens with one attached hydrogen (secondary N) is 1. The lowest BCUT2D eigenvalue weighted by molar-refractivity contribution is -0.384. The second-order valence-corrected chi connectivity index (χ2v) is 4.26. The van der Waals surface area contributed by atoms with Crippen LogP contribution in [0.15, 0.2) is 18.2 Å². The highest BCUT2D eigenvalue weighted by atomic mass is 16.6. The van der Waals surface area contributed by atoms with E-state index in [-0.39, 0.29) is 10.6 Å². The molecule has 1 aromatic rings. The molecule has 0 saturated heterocycles. The van der Waals surface area contributed by atoms with E-state index in [0.717, 1.165) is 17.8 Å². The molecule has 1 aliphatic rings. The number of rotatable bonds is 2. The largest absolute Gasteiger partial charge is 0.384 e. The number of hydrogen-bond donors (Lipinski definition) is 1. The monoisotopic (exact) mass is 206 g/mol. The number of nitro groups is 1. The molecule has 4 nitrogen and oxygen atoms in total. The Morgan fingerprint density at radius 3 is 2.87 bits per heavy atom. The molecule has 4 heteroatoms. The van der Waals surface area contributed by atoms with Crippen molar-refractivity contribution in [3.63, 3.8) is 0 Å². The molecular weight excluding hydrogens is 192 g/mol. The van der Waals surface area contributed by atoms with E-state index in [0.29, 0.717) is 11.8 Å². The van der Waals surface area contributed by atoms with E-state index in [1.165, 1.54) is 0 Å². The molecule has 0 radical (unpaired) electrons. The Balaban J connectivity index is 2.42. The third kappa shape index (κ3) is 1.67. The Kier molecular flexibility index (Phi) is 2.34. The summed E-state index contributed by atoms with van der Waals surface area (Å²) < 4.78 is 0. The summed E-state index contributed by atoms with van der Waals surface area (Å²) in [6.07, 6.45) is 0. The Bertz CT molecular complexity index is 402. The molecule has 15 heavy (non-hydrogen) atoms. The SMILES string of the molecule is CC(C)[C@H]1CNc2ccc([N+](=O)[O-])cc21. The molecule has 0 saturated carbocycles. The maximum atomic E-state index is 10.7. The molecule has 1 aliphatic heterocycles. The maximum absolute atomic E-state index is 10.7. The zero-order valence-corrected chi connectivity index (χ0v) is 8.86. The first-order chi connectivity index (χ1) is 7.09. The van der Waals surface area contributed by atoms with Gasteiger partial charge in [0.15, 0.2) is 0 Å². The van der Waals surface area contributed by atoms with Gasteiger partial charge in [0.1, 0.15) is 0 Å². The summed E-state index contributed by atoms with van der Waals surface area (Å²) in [7, 11) is 0. The van der Waals surface area contributed by atoms with Crippen molar-refractivity contribution in [2.75, 3.05) is 11.9 Å². The van der Waals surface area contributed by atoms with E-state index >= 15 is 0 Å². The predicted molar refractivity (Wildman–Crippen MR) is 59.2 cm³/mol. The summed E-state index contributed by atoms with van der Waals surface area (Å²) in [5.41, 5.74) is 2.31. The molecule has 1 aromatic carbocycles. The van der Waals surface area contributed by atoms with Gasteiger partial charge in [0.25, 0.3) is 5.69 Å². The highest BCUT2D eigenvalue weighted by molar-refractivity contribution is 5.61. The second kappa shape index (κ2) is 3.53. The lowest BCUT2D eigenvalue weighted by atomic mass is 9.90. The topological polar surface area (TPSA) is 55.2 Å². The molecule has 1 atom stereocenters. The number of nitrogens with zero attached hydrogens (tertiary/aromatic N) is 1. The molecule has 0 bridgehead atoms. The smallest absolute Gasteiger partial charge is 0.269 e. The average Bonchev–Trinajstić information content (AvgIpc) is 2.59. The number of anilines is 1. The molecular formula is C11H14N2O2. The minimum Gasteiger partial charge on any atom is -0.384 e. The lowest BCUT2D eigenvalue weighted by Crippen LogP contribution is -2.08. The quantitative estimate of drug-likeness (QED) is 0.598. The van der Waals surface area contributed by atoms with E-state index in [1.807, 2.05) is 0 Å². The van der Waals surface area contributed by atoms with Crippen molar-refractivity contribution in [3.8, 4) is 0 Å². The molecule has 80 valence electrons. The van der Waals surface area contributed by atoms with Crippen molar-refractivity contribution in [3.05, 3.63) is 33.9 Å². The van der Waals surface area contributed by atoms with E-state index in [2.05, 4.69) is 19.2 Å². The number of fused-ring (bicyclic) bond motifs is 1. The van der Waals surface area contributed by atoms with Gasteiger partial charge >= 0.3 is 0 Å². The zero-order valence-electron chi connectivity index (χ0n) is 8.86. The van der Waals surface area contributed by atoms with Crippen molar-refractivity contribution in [2.24, 2.45) is 5.92 Å². The fraction of sp³-hybridized carbons (Fsp3) is 0.455. The Labute approximate surface area is 88.5 Å². The van der Waals surface area contributed by atoms with Gasteiger partial charge in [0, 0.05) is 30.3 Å². The van der Waals surface area contributed by atoms with Crippen LogP contribution in [0.2, 0.25) is 0 Å². The molecule has 0 spiro atoms. The van der Waals surface area contributed by atoms with Gasteiger partial charge in [0.2, 0.25) is 0 Å². The highest BCUT2D eigenvalue weighted by Gasteiger charge is 2.26.